The van der Waals surface area contributed by atoms with Crippen molar-refractivity contribution in [2.45, 2.75) is 59.0 Å². The number of aliphatic imine (C=N–C) groups is 1. The maximum absolute atomic E-state index is 13.9. The summed E-state index contributed by atoms with van der Waals surface area (Å²) in [6.45, 7) is 7.41. The van der Waals surface area contributed by atoms with E-state index in [-0.39, 0.29) is 34.2 Å². The summed E-state index contributed by atoms with van der Waals surface area (Å²) in [4.78, 5) is 25.2. The highest BCUT2D eigenvalue weighted by Gasteiger charge is 2.18. The lowest BCUT2D eigenvalue weighted by atomic mass is 9.99. The molecule has 0 atom stereocenters. The molecule has 0 saturated heterocycles. The summed E-state index contributed by atoms with van der Waals surface area (Å²) in [5.41, 5.74) is 11.5. The maximum atomic E-state index is 13.9. The molecule has 5 rings (SSSR count). The fraction of sp³-hybridized carbons (Fsp3) is 0.333. The third-order valence-corrected chi connectivity index (χ3v) is 8.64. The average molecular weight is 606 g/mol. The molecular formula is C36H43N7O2. The van der Waals surface area contributed by atoms with Crippen molar-refractivity contribution in [3.05, 3.63) is 100 Å². The van der Waals surface area contributed by atoms with Gasteiger partial charge in [-0.25, -0.2) is 4.98 Å². The van der Waals surface area contributed by atoms with Gasteiger partial charge in [-0.3, -0.25) is 19.3 Å². The van der Waals surface area contributed by atoms with Gasteiger partial charge < -0.3 is 21.6 Å². The normalized spacial score (nSPS) is 14.0. The first-order valence-electron chi connectivity index (χ1n) is 15.6. The zero-order chi connectivity index (χ0) is 32.1. The summed E-state index contributed by atoms with van der Waals surface area (Å²) >= 11 is 0. The fourth-order valence-corrected chi connectivity index (χ4v) is 5.70. The molecule has 0 amide bonds. The van der Waals surface area contributed by atoms with Crippen LogP contribution in [-0.2, 0) is 6.54 Å². The summed E-state index contributed by atoms with van der Waals surface area (Å²) in [5, 5.41) is 22.0. The van der Waals surface area contributed by atoms with E-state index in [4.69, 9.17) is 11.1 Å². The molecule has 1 aromatic heterocycles. The molecular weight excluding hydrogens is 562 g/mol. The highest BCUT2D eigenvalue weighted by atomic mass is 16.3. The third kappa shape index (κ3) is 7.32. The van der Waals surface area contributed by atoms with Gasteiger partial charge in [-0.15, -0.1) is 0 Å². The summed E-state index contributed by atoms with van der Waals surface area (Å²) < 4.78 is 1.47. The second kappa shape index (κ2) is 13.9. The Balaban J connectivity index is 1.44. The molecule has 234 valence electrons. The van der Waals surface area contributed by atoms with E-state index in [1.54, 1.807) is 19.1 Å². The van der Waals surface area contributed by atoms with E-state index in [1.807, 2.05) is 30.3 Å². The molecule has 0 bridgehead atoms. The highest BCUT2D eigenvalue weighted by molar-refractivity contribution is 6.02. The Morgan fingerprint density at radius 2 is 1.84 bits per heavy atom. The summed E-state index contributed by atoms with van der Waals surface area (Å²) in [6.07, 6.45) is 6.19. The Labute approximate surface area is 265 Å². The first-order valence-corrected chi connectivity index (χ1v) is 15.6. The van der Waals surface area contributed by atoms with Crippen molar-refractivity contribution in [2.75, 3.05) is 18.9 Å². The molecule has 0 unspecified atom stereocenters. The molecule has 45 heavy (non-hydrogen) atoms. The van der Waals surface area contributed by atoms with Crippen molar-refractivity contribution >= 4 is 22.9 Å². The quantitative estimate of drug-likeness (QED) is 0.0880. The third-order valence-electron chi connectivity index (χ3n) is 8.64. The predicted molar refractivity (Wildman–Crippen MR) is 183 cm³/mol. The smallest absolute Gasteiger partial charge is 0.282 e. The zero-order valence-corrected chi connectivity index (χ0v) is 26.5. The van der Waals surface area contributed by atoms with Crippen molar-refractivity contribution < 1.29 is 5.11 Å². The predicted octanol–water partition coefficient (Wildman–Crippen LogP) is 6.47. The number of aromatic hydroxyl groups is 1. The summed E-state index contributed by atoms with van der Waals surface area (Å²) in [5.74, 6) is 0.791. The minimum atomic E-state index is -0.351. The van der Waals surface area contributed by atoms with Crippen LogP contribution in [0.2, 0.25) is 0 Å². The Kier molecular flexibility index (Phi) is 9.78. The number of amidine groups is 1. The number of anilines is 2. The number of nitrogens with two attached hydrogens (primary N) is 1. The van der Waals surface area contributed by atoms with E-state index < -0.39 is 0 Å². The number of phenolic OH excluding ortho intramolecular Hbond substituents is 1. The second-order valence-electron chi connectivity index (χ2n) is 12.2. The van der Waals surface area contributed by atoms with E-state index in [9.17, 15) is 9.90 Å². The van der Waals surface area contributed by atoms with Gasteiger partial charge in [0.1, 0.15) is 29.3 Å². The van der Waals surface area contributed by atoms with Gasteiger partial charge in [0.25, 0.3) is 5.56 Å². The van der Waals surface area contributed by atoms with Crippen molar-refractivity contribution in [1.29, 1.82) is 5.41 Å². The van der Waals surface area contributed by atoms with Gasteiger partial charge in [0.15, 0.2) is 0 Å². The Morgan fingerprint density at radius 1 is 1.13 bits per heavy atom. The van der Waals surface area contributed by atoms with Crippen molar-refractivity contribution in [3.63, 3.8) is 0 Å². The van der Waals surface area contributed by atoms with Crippen LogP contribution in [0.5, 0.6) is 5.75 Å². The number of aromatic nitrogens is 2. The molecule has 4 aromatic rings. The lowest BCUT2D eigenvalue weighted by Gasteiger charge is -2.22. The van der Waals surface area contributed by atoms with Gasteiger partial charge in [-0.05, 0) is 93.6 Å². The molecule has 9 nitrogen and oxygen atoms in total. The lowest BCUT2D eigenvalue weighted by Crippen LogP contribution is -2.25. The second-order valence-corrected chi connectivity index (χ2v) is 12.2. The van der Waals surface area contributed by atoms with E-state index in [1.165, 1.54) is 35.4 Å². The number of benzene rings is 3. The molecule has 0 radical (unpaired) electrons. The lowest BCUT2D eigenvalue weighted by molar-refractivity contribution is 0.266. The Bertz CT molecular complexity index is 1750. The van der Waals surface area contributed by atoms with E-state index in [0.29, 0.717) is 35.4 Å². The van der Waals surface area contributed by atoms with Crippen LogP contribution >= 0.6 is 0 Å². The number of rotatable bonds is 11. The Hall–Kier alpha value is -4.76. The first-order chi connectivity index (χ1) is 21.6. The average Bonchev–Trinajstić information content (AvgIpc) is 3.56. The molecule has 5 N–H and O–H groups in total. The van der Waals surface area contributed by atoms with E-state index in [2.05, 4.69) is 59.3 Å². The SMILES string of the molecule is CC(=N)c1ncn(-c2ccc(-c3ccccc3CN(C)C(C)C)cc2)c(=O)c1Nc1ccc(O)c(C(N)=NCC2CCCC2)c1. The topological polar surface area (TPSA) is 133 Å². The van der Waals surface area contributed by atoms with Crippen LogP contribution in [0.4, 0.5) is 11.4 Å². The highest BCUT2D eigenvalue weighted by Crippen LogP contribution is 2.28. The van der Waals surface area contributed by atoms with Crippen LogP contribution in [0.1, 0.15) is 63.3 Å². The minimum absolute atomic E-state index is 0.0118. The van der Waals surface area contributed by atoms with Gasteiger partial charge in [-0.2, -0.15) is 0 Å². The zero-order valence-electron chi connectivity index (χ0n) is 26.5. The van der Waals surface area contributed by atoms with Gasteiger partial charge in [0.2, 0.25) is 0 Å². The summed E-state index contributed by atoms with van der Waals surface area (Å²) in [6, 6.07) is 21.5. The number of hydrogen-bond acceptors (Lipinski definition) is 7. The summed E-state index contributed by atoms with van der Waals surface area (Å²) in [7, 11) is 2.12. The number of hydrogen-bond donors (Lipinski definition) is 4. The van der Waals surface area contributed by atoms with Crippen LogP contribution < -0.4 is 16.6 Å². The maximum Gasteiger partial charge on any atom is 0.282 e. The molecule has 3 aromatic carbocycles. The first kappa shape index (κ1) is 31.7. The van der Waals surface area contributed by atoms with E-state index in [0.717, 1.165) is 30.5 Å². The van der Waals surface area contributed by atoms with Gasteiger partial charge in [-0.1, -0.05) is 49.2 Å². The minimum Gasteiger partial charge on any atom is -0.507 e. The van der Waals surface area contributed by atoms with E-state index >= 15 is 0 Å². The largest absolute Gasteiger partial charge is 0.507 e. The molecule has 0 aliphatic heterocycles. The number of nitrogens with zero attached hydrogens (tertiary/aromatic N) is 4. The van der Waals surface area contributed by atoms with Gasteiger partial charge in [0.05, 0.1) is 17.0 Å². The standard InChI is InChI=1S/C36H43N7O2/c1-23(2)42(4)21-27-11-7-8-12-30(27)26-13-16-29(17-14-26)43-22-40-33(24(3)37)34(36(43)45)41-28-15-18-32(44)31(19-28)35(38)39-20-25-9-5-6-10-25/h7-8,11-19,22-23,25,37,41,44H,5-6,9-10,20-21H2,1-4H3,(H2,38,39). The van der Waals surface area contributed by atoms with Crippen molar-refractivity contribution in [1.82, 2.24) is 14.5 Å². The number of phenols is 1. The molecule has 1 saturated carbocycles. The van der Waals surface area contributed by atoms with Crippen LogP contribution in [-0.4, -0.2) is 50.7 Å². The van der Waals surface area contributed by atoms with Gasteiger partial charge >= 0.3 is 0 Å². The molecule has 0 spiro atoms. The van der Waals surface area contributed by atoms with Crippen LogP contribution in [0.3, 0.4) is 0 Å². The Morgan fingerprint density at radius 3 is 2.53 bits per heavy atom. The molecule has 1 fully saturated rings. The van der Waals surface area contributed by atoms with Crippen LogP contribution in [0, 0.1) is 11.3 Å². The molecule has 1 aliphatic carbocycles. The molecule has 1 heterocycles. The van der Waals surface area contributed by atoms with Crippen LogP contribution in [0.15, 0.2) is 82.8 Å². The van der Waals surface area contributed by atoms with Gasteiger partial charge in [0, 0.05) is 24.8 Å². The van der Waals surface area contributed by atoms with Crippen LogP contribution in [0.25, 0.3) is 16.8 Å². The monoisotopic (exact) mass is 605 g/mol. The van der Waals surface area contributed by atoms with Crippen molar-refractivity contribution in [3.8, 4) is 22.6 Å². The number of nitrogens with one attached hydrogen (secondary N) is 2. The molecule has 1 aliphatic rings. The molecule has 9 heteroatoms. The fourth-order valence-electron chi connectivity index (χ4n) is 5.70. The van der Waals surface area contributed by atoms with Crippen molar-refractivity contribution in [2.24, 2.45) is 16.6 Å².